The van der Waals surface area contributed by atoms with Crippen LogP contribution < -0.4 is 10.5 Å². The quantitative estimate of drug-likeness (QED) is 0.850. The molecular weight excluding hydrogens is 300 g/mol. The van der Waals surface area contributed by atoms with Crippen LogP contribution in [0.4, 0.5) is 0 Å². The van der Waals surface area contributed by atoms with E-state index in [1.54, 1.807) is 0 Å². The average Bonchev–Trinajstić information content (AvgIpc) is 2.66. The fourth-order valence-corrected chi connectivity index (χ4v) is 2.94. The highest BCUT2D eigenvalue weighted by Crippen LogP contribution is 2.24. The smallest absolute Gasteiger partial charge is 0.119 e. The summed E-state index contributed by atoms with van der Waals surface area (Å²) < 4.78 is 11.8. The third-order valence-corrected chi connectivity index (χ3v) is 4.33. The summed E-state index contributed by atoms with van der Waals surface area (Å²) in [5.74, 6) is 0.887. The normalized spacial score (nSPS) is 18.5. The van der Waals surface area contributed by atoms with Gasteiger partial charge in [-0.1, -0.05) is 42.5 Å². The molecule has 2 aromatic carbocycles. The predicted octanol–water partition coefficient (Wildman–Crippen LogP) is 2.99. The number of hydrogen-bond acceptors (Lipinski definition) is 4. The van der Waals surface area contributed by atoms with Crippen molar-refractivity contribution in [3.63, 3.8) is 0 Å². The summed E-state index contributed by atoms with van der Waals surface area (Å²) in [6, 6.07) is 18.5. The highest BCUT2D eigenvalue weighted by molar-refractivity contribution is 5.29. The maximum atomic E-state index is 5.93. The van der Waals surface area contributed by atoms with Crippen LogP contribution in [0.3, 0.4) is 0 Å². The first kappa shape index (κ1) is 17.0. The Hall–Kier alpha value is -1.88. The second-order valence-electron chi connectivity index (χ2n) is 6.15. The number of hydrogen-bond donors (Lipinski definition) is 1. The largest absolute Gasteiger partial charge is 0.489 e. The summed E-state index contributed by atoms with van der Waals surface area (Å²) >= 11 is 0. The second kappa shape index (κ2) is 8.83. The molecule has 1 heterocycles. The van der Waals surface area contributed by atoms with Crippen LogP contribution in [0.2, 0.25) is 0 Å². The van der Waals surface area contributed by atoms with Gasteiger partial charge in [0.05, 0.1) is 12.7 Å². The van der Waals surface area contributed by atoms with Crippen molar-refractivity contribution in [3.05, 3.63) is 65.7 Å². The zero-order chi connectivity index (χ0) is 16.6. The number of rotatable bonds is 7. The van der Waals surface area contributed by atoms with Gasteiger partial charge in [-0.05, 0) is 42.8 Å². The molecule has 0 aliphatic carbocycles. The molecule has 0 aromatic heterocycles. The third kappa shape index (κ3) is 4.81. The summed E-state index contributed by atoms with van der Waals surface area (Å²) in [6.07, 6.45) is 1.18. The van der Waals surface area contributed by atoms with E-state index in [-0.39, 0.29) is 6.10 Å². The molecule has 1 saturated heterocycles. The first-order valence-electron chi connectivity index (χ1n) is 8.66. The fourth-order valence-electron chi connectivity index (χ4n) is 2.94. The van der Waals surface area contributed by atoms with E-state index < -0.39 is 0 Å². The Morgan fingerprint density at radius 3 is 2.62 bits per heavy atom. The standard InChI is InChI=1S/C20H26N2O2/c21-11-4-12-22-13-14-23-20(15-22)18-7-9-19(10-8-18)24-16-17-5-2-1-3-6-17/h1-3,5-10,20H,4,11-16,21H2. The number of morpholine rings is 1. The molecule has 0 bridgehead atoms. The molecule has 3 rings (SSSR count). The molecule has 2 N–H and O–H groups in total. The maximum Gasteiger partial charge on any atom is 0.119 e. The number of ether oxygens (including phenoxy) is 2. The minimum atomic E-state index is 0.139. The Morgan fingerprint density at radius 1 is 1.08 bits per heavy atom. The van der Waals surface area contributed by atoms with E-state index in [0.717, 1.165) is 45.0 Å². The predicted molar refractivity (Wildman–Crippen MR) is 96.0 cm³/mol. The van der Waals surface area contributed by atoms with Crippen molar-refractivity contribution in [2.75, 3.05) is 32.8 Å². The molecule has 1 aliphatic heterocycles. The summed E-state index contributed by atoms with van der Waals surface area (Å²) in [7, 11) is 0. The van der Waals surface area contributed by atoms with E-state index >= 15 is 0 Å². The van der Waals surface area contributed by atoms with Gasteiger partial charge >= 0.3 is 0 Å². The van der Waals surface area contributed by atoms with Crippen LogP contribution >= 0.6 is 0 Å². The van der Waals surface area contributed by atoms with Crippen LogP contribution in [-0.2, 0) is 11.3 Å². The topological polar surface area (TPSA) is 47.7 Å². The van der Waals surface area contributed by atoms with Gasteiger partial charge < -0.3 is 15.2 Å². The van der Waals surface area contributed by atoms with Crippen molar-refractivity contribution >= 4 is 0 Å². The van der Waals surface area contributed by atoms with E-state index in [0.29, 0.717) is 6.61 Å². The molecule has 4 nitrogen and oxygen atoms in total. The summed E-state index contributed by atoms with van der Waals surface area (Å²) in [5, 5.41) is 0. The van der Waals surface area contributed by atoms with E-state index in [1.807, 2.05) is 30.3 Å². The molecule has 1 fully saturated rings. The first-order valence-corrected chi connectivity index (χ1v) is 8.66. The Morgan fingerprint density at radius 2 is 1.88 bits per heavy atom. The molecule has 4 heteroatoms. The molecular formula is C20H26N2O2. The highest BCUT2D eigenvalue weighted by atomic mass is 16.5. The molecule has 0 spiro atoms. The van der Waals surface area contributed by atoms with E-state index in [2.05, 4.69) is 29.2 Å². The zero-order valence-corrected chi connectivity index (χ0v) is 14.1. The van der Waals surface area contributed by atoms with Crippen molar-refractivity contribution in [2.24, 2.45) is 5.73 Å². The number of nitrogens with two attached hydrogens (primary N) is 1. The van der Waals surface area contributed by atoms with Crippen LogP contribution in [-0.4, -0.2) is 37.7 Å². The van der Waals surface area contributed by atoms with E-state index in [9.17, 15) is 0 Å². The van der Waals surface area contributed by atoms with Crippen molar-refractivity contribution in [2.45, 2.75) is 19.1 Å². The lowest BCUT2D eigenvalue weighted by Crippen LogP contribution is -2.39. The van der Waals surface area contributed by atoms with Crippen LogP contribution in [0.25, 0.3) is 0 Å². The number of nitrogens with zero attached hydrogens (tertiary/aromatic N) is 1. The zero-order valence-electron chi connectivity index (χ0n) is 14.1. The first-order chi connectivity index (χ1) is 11.8. The van der Waals surface area contributed by atoms with Crippen molar-refractivity contribution in [1.82, 2.24) is 4.90 Å². The van der Waals surface area contributed by atoms with Gasteiger partial charge in [0.25, 0.3) is 0 Å². The molecule has 24 heavy (non-hydrogen) atoms. The molecule has 0 amide bonds. The van der Waals surface area contributed by atoms with Gasteiger partial charge in [0.1, 0.15) is 12.4 Å². The van der Waals surface area contributed by atoms with Crippen LogP contribution in [0.5, 0.6) is 5.75 Å². The Labute approximate surface area is 144 Å². The monoisotopic (exact) mass is 326 g/mol. The van der Waals surface area contributed by atoms with Gasteiger partial charge in [0.2, 0.25) is 0 Å². The highest BCUT2D eigenvalue weighted by Gasteiger charge is 2.21. The minimum Gasteiger partial charge on any atom is -0.489 e. The summed E-state index contributed by atoms with van der Waals surface area (Å²) in [5.41, 5.74) is 7.99. The van der Waals surface area contributed by atoms with Crippen LogP contribution in [0.1, 0.15) is 23.7 Å². The lowest BCUT2D eigenvalue weighted by atomic mass is 10.1. The third-order valence-electron chi connectivity index (χ3n) is 4.33. The van der Waals surface area contributed by atoms with Gasteiger partial charge in [0, 0.05) is 13.1 Å². The Kier molecular flexibility index (Phi) is 6.24. The molecule has 0 radical (unpaired) electrons. The minimum absolute atomic E-state index is 0.139. The van der Waals surface area contributed by atoms with Gasteiger partial charge in [0.15, 0.2) is 0 Å². The van der Waals surface area contributed by atoms with E-state index in [4.69, 9.17) is 15.2 Å². The fraction of sp³-hybridized carbons (Fsp3) is 0.400. The molecule has 128 valence electrons. The van der Waals surface area contributed by atoms with Gasteiger partial charge in [-0.25, -0.2) is 0 Å². The van der Waals surface area contributed by atoms with Gasteiger partial charge in [-0.2, -0.15) is 0 Å². The van der Waals surface area contributed by atoms with Crippen molar-refractivity contribution < 1.29 is 9.47 Å². The molecule has 2 aromatic rings. The average molecular weight is 326 g/mol. The molecule has 1 unspecified atom stereocenters. The summed E-state index contributed by atoms with van der Waals surface area (Å²) in [6.45, 7) is 5.09. The lowest BCUT2D eigenvalue weighted by molar-refractivity contribution is -0.0300. The van der Waals surface area contributed by atoms with Gasteiger partial charge in [-0.15, -0.1) is 0 Å². The Bertz CT molecular complexity index is 601. The van der Waals surface area contributed by atoms with Crippen molar-refractivity contribution in [1.29, 1.82) is 0 Å². The molecule has 1 atom stereocenters. The number of benzene rings is 2. The van der Waals surface area contributed by atoms with Gasteiger partial charge in [-0.3, -0.25) is 4.90 Å². The Balaban J connectivity index is 1.54. The molecule has 0 saturated carbocycles. The maximum absolute atomic E-state index is 5.93. The lowest BCUT2D eigenvalue weighted by Gasteiger charge is -2.33. The molecule has 1 aliphatic rings. The summed E-state index contributed by atoms with van der Waals surface area (Å²) in [4.78, 5) is 2.43. The van der Waals surface area contributed by atoms with Crippen LogP contribution in [0.15, 0.2) is 54.6 Å². The van der Waals surface area contributed by atoms with Crippen molar-refractivity contribution in [3.8, 4) is 5.75 Å². The van der Waals surface area contributed by atoms with E-state index in [1.165, 1.54) is 11.1 Å². The SMILES string of the molecule is NCCCN1CCOC(c2ccc(OCc3ccccc3)cc2)C1. The van der Waals surface area contributed by atoms with Crippen LogP contribution in [0, 0.1) is 0 Å². The second-order valence-corrected chi connectivity index (χ2v) is 6.15.